The fourth-order valence-corrected chi connectivity index (χ4v) is 7.23. The highest BCUT2D eigenvalue weighted by Gasteiger charge is 2.58. The molecule has 0 aliphatic carbocycles. The van der Waals surface area contributed by atoms with Crippen molar-refractivity contribution in [2.45, 2.75) is 36.2 Å². The van der Waals surface area contributed by atoms with E-state index in [1.165, 1.54) is 0 Å². The van der Waals surface area contributed by atoms with Gasteiger partial charge in [-0.1, -0.05) is 47.5 Å². The number of hydrogen-bond acceptors (Lipinski definition) is 5. The predicted molar refractivity (Wildman–Crippen MR) is 145 cm³/mol. The summed E-state index contributed by atoms with van der Waals surface area (Å²) in [4.78, 5) is 13.9. The van der Waals surface area contributed by atoms with Crippen LogP contribution in [0.5, 0.6) is 0 Å². The number of rotatable bonds is 7. The van der Waals surface area contributed by atoms with Crippen LogP contribution in [0.3, 0.4) is 0 Å². The highest BCUT2D eigenvalue weighted by atomic mass is 35.5. The van der Waals surface area contributed by atoms with Gasteiger partial charge in [0.1, 0.15) is 5.25 Å². The van der Waals surface area contributed by atoms with Crippen LogP contribution in [0.25, 0.3) is 0 Å². The lowest BCUT2D eigenvalue weighted by atomic mass is 9.81. The predicted octanol–water partition coefficient (Wildman–Crippen LogP) is 7.52. The number of ether oxygens (including phenoxy) is 1. The van der Waals surface area contributed by atoms with Gasteiger partial charge in [0, 0.05) is 36.3 Å². The van der Waals surface area contributed by atoms with E-state index >= 15 is 0 Å². The molecule has 5 nitrogen and oxygen atoms in total. The summed E-state index contributed by atoms with van der Waals surface area (Å²) in [5, 5.41) is -1.17. The Morgan fingerprint density at radius 2 is 1.21 bits per heavy atom. The SMILES string of the molecule is CC(=O)OC1(C(c2cc(C(F)(F)F)cc(C(F)(F)F)c2)S(C)(=O)=O)CN(C(c2ccc(Cl)cc2)c2ccc(Cl)cc2)C1. The Balaban J connectivity index is 1.86. The number of sulfone groups is 1. The smallest absolute Gasteiger partial charge is 0.416 e. The molecule has 1 saturated heterocycles. The average molecular weight is 654 g/mol. The highest BCUT2D eigenvalue weighted by molar-refractivity contribution is 7.91. The molecule has 0 amide bonds. The molecule has 1 fully saturated rings. The van der Waals surface area contributed by atoms with Crippen LogP contribution in [0.15, 0.2) is 66.7 Å². The van der Waals surface area contributed by atoms with E-state index in [1.807, 2.05) is 0 Å². The van der Waals surface area contributed by atoms with Gasteiger partial charge in [0.2, 0.25) is 0 Å². The summed E-state index contributed by atoms with van der Waals surface area (Å²) in [5.74, 6) is -0.958. The highest BCUT2D eigenvalue weighted by Crippen LogP contribution is 2.49. The second kappa shape index (κ2) is 11.4. The molecule has 1 atom stereocenters. The van der Waals surface area contributed by atoms with E-state index < -0.39 is 61.7 Å². The quantitative estimate of drug-likeness (QED) is 0.195. The third-order valence-electron chi connectivity index (χ3n) is 6.84. The normalized spacial score (nSPS) is 16.6. The van der Waals surface area contributed by atoms with Gasteiger partial charge in [-0.25, -0.2) is 8.42 Å². The zero-order chi connectivity index (χ0) is 31.3. The lowest BCUT2D eigenvalue weighted by Gasteiger charge is -2.55. The minimum absolute atomic E-state index is 0.0917. The molecule has 0 saturated carbocycles. The van der Waals surface area contributed by atoms with Gasteiger partial charge < -0.3 is 4.74 Å². The second-order valence-electron chi connectivity index (χ2n) is 10.1. The summed E-state index contributed by atoms with van der Waals surface area (Å²) in [6, 6.07) is 13.4. The van der Waals surface area contributed by atoms with Gasteiger partial charge in [0.25, 0.3) is 0 Å². The maximum Gasteiger partial charge on any atom is 0.416 e. The van der Waals surface area contributed by atoms with Crippen LogP contribution >= 0.6 is 23.2 Å². The van der Waals surface area contributed by atoms with Gasteiger partial charge in [-0.2, -0.15) is 26.3 Å². The molecule has 3 aromatic rings. The first-order valence-electron chi connectivity index (χ1n) is 12.2. The minimum Gasteiger partial charge on any atom is -0.455 e. The molecule has 0 N–H and O–H groups in total. The molecule has 1 aliphatic rings. The van der Waals surface area contributed by atoms with Crippen LogP contribution < -0.4 is 0 Å². The van der Waals surface area contributed by atoms with E-state index in [4.69, 9.17) is 27.9 Å². The van der Waals surface area contributed by atoms with Crippen molar-refractivity contribution in [3.05, 3.63) is 105 Å². The number of carbonyl (C=O) groups excluding carboxylic acids is 1. The Bertz CT molecular complexity index is 1490. The number of carbonyl (C=O) groups is 1. The van der Waals surface area contributed by atoms with Gasteiger partial charge in [0.15, 0.2) is 15.4 Å². The van der Waals surface area contributed by atoms with Crippen LogP contribution in [-0.2, 0) is 31.7 Å². The second-order valence-corrected chi connectivity index (χ2v) is 13.1. The average Bonchev–Trinajstić information content (AvgIpc) is 2.83. The maximum absolute atomic E-state index is 13.7. The number of alkyl halides is 6. The lowest BCUT2D eigenvalue weighted by Crippen LogP contribution is -2.68. The van der Waals surface area contributed by atoms with Crippen molar-refractivity contribution in [2.24, 2.45) is 0 Å². The van der Waals surface area contributed by atoms with Crippen molar-refractivity contribution in [1.82, 2.24) is 4.90 Å². The third kappa shape index (κ3) is 6.88. The molecule has 226 valence electrons. The Hall–Kier alpha value is -2.80. The van der Waals surface area contributed by atoms with E-state index in [2.05, 4.69) is 0 Å². The van der Waals surface area contributed by atoms with E-state index in [0.717, 1.165) is 6.92 Å². The van der Waals surface area contributed by atoms with Crippen molar-refractivity contribution in [1.29, 1.82) is 0 Å². The summed E-state index contributed by atoms with van der Waals surface area (Å²) in [5.41, 5.74) is -4.80. The molecule has 1 heterocycles. The van der Waals surface area contributed by atoms with Gasteiger partial charge in [-0.3, -0.25) is 9.69 Å². The minimum atomic E-state index is -5.22. The summed E-state index contributed by atoms with van der Waals surface area (Å²) in [6.45, 7) is 0.308. The maximum atomic E-state index is 13.7. The molecule has 0 bridgehead atoms. The van der Waals surface area contributed by atoms with E-state index in [1.54, 1.807) is 53.4 Å². The van der Waals surface area contributed by atoms with Crippen molar-refractivity contribution in [3.8, 4) is 0 Å². The van der Waals surface area contributed by atoms with E-state index in [0.29, 0.717) is 39.6 Å². The monoisotopic (exact) mass is 653 g/mol. The van der Waals surface area contributed by atoms with Crippen molar-refractivity contribution < 1.29 is 44.3 Å². The summed E-state index contributed by atoms with van der Waals surface area (Å²) in [7, 11) is -4.47. The van der Waals surface area contributed by atoms with Crippen LogP contribution in [-0.4, -0.2) is 44.2 Å². The van der Waals surface area contributed by atoms with Gasteiger partial charge >= 0.3 is 18.3 Å². The third-order valence-corrected chi connectivity index (χ3v) is 8.91. The van der Waals surface area contributed by atoms with E-state index in [-0.39, 0.29) is 19.2 Å². The Kier molecular flexibility index (Phi) is 8.69. The Labute approximate surface area is 247 Å². The summed E-state index contributed by atoms with van der Waals surface area (Å²) >= 11 is 12.1. The Morgan fingerprint density at radius 3 is 1.55 bits per heavy atom. The molecule has 42 heavy (non-hydrogen) atoms. The van der Waals surface area contributed by atoms with Crippen LogP contribution in [0.1, 0.15) is 46.0 Å². The fraction of sp³-hybridized carbons (Fsp3) is 0.321. The topological polar surface area (TPSA) is 63.7 Å². The van der Waals surface area contributed by atoms with Crippen LogP contribution in [0.2, 0.25) is 10.0 Å². The molecule has 0 aromatic heterocycles. The van der Waals surface area contributed by atoms with Crippen molar-refractivity contribution in [3.63, 3.8) is 0 Å². The molecule has 14 heteroatoms. The number of hydrogen-bond donors (Lipinski definition) is 0. The first-order valence-corrected chi connectivity index (χ1v) is 14.9. The first-order chi connectivity index (χ1) is 19.3. The lowest BCUT2D eigenvalue weighted by molar-refractivity contribution is -0.182. The first kappa shape index (κ1) is 32.1. The zero-order valence-electron chi connectivity index (χ0n) is 21.9. The molecular formula is C28H23Cl2F6NO4S. The molecule has 0 spiro atoms. The number of likely N-dealkylation sites (tertiary alicyclic amines) is 1. The molecule has 1 unspecified atom stereocenters. The summed E-state index contributed by atoms with van der Waals surface area (Å²) < 4.78 is 114. The standard InChI is InChI=1S/C28H23Cl2F6NO4S/c1-16(38)41-26(25(42(2,39)40)19-11-20(27(31,32)33)13-21(12-19)28(34,35)36)14-37(15-26)24(17-3-7-22(29)8-4-17)18-5-9-23(30)10-6-18/h3-13,24-25H,14-15H2,1-2H3. The molecule has 4 rings (SSSR count). The molecular weight excluding hydrogens is 631 g/mol. The Morgan fingerprint density at radius 1 is 0.810 bits per heavy atom. The van der Waals surface area contributed by atoms with E-state index in [9.17, 15) is 39.6 Å². The number of halogens is 8. The fourth-order valence-electron chi connectivity index (χ4n) is 5.37. The van der Waals surface area contributed by atoms with Gasteiger partial charge in [-0.15, -0.1) is 0 Å². The molecule has 1 aliphatic heterocycles. The van der Waals surface area contributed by atoms with Crippen LogP contribution in [0, 0.1) is 0 Å². The number of esters is 1. The van der Waals surface area contributed by atoms with Gasteiger partial charge in [-0.05, 0) is 59.2 Å². The van der Waals surface area contributed by atoms with Crippen molar-refractivity contribution >= 4 is 39.0 Å². The van der Waals surface area contributed by atoms with Crippen molar-refractivity contribution in [2.75, 3.05) is 19.3 Å². The zero-order valence-corrected chi connectivity index (χ0v) is 24.3. The van der Waals surface area contributed by atoms with Crippen LogP contribution in [0.4, 0.5) is 26.3 Å². The summed E-state index contributed by atoms with van der Waals surface area (Å²) in [6.07, 6.45) is -9.76. The number of benzene rings is 3. The van der Waals surface area contributed by atoms with Gasteiger partial charge in [0.05, 0.1) is 17.2 Å². The number of nitrogens with zero attached hydrogens (tertiary/aromatic N) is 1. The molecule has 0 radical (unpaired) electrons. The molecule has 3 aromatic carbocycles. The largest absolute Gasteiger partial charge is 0.455 e.